The van der Waals surface area contributed by atoms with E-state index in [0.717, 1.165) is 43.6 Å². The van der Waals surface area contributed by atoms with Crippen LogP contribution in [0, 0.1) is 0 Å². The summed E-state index contributed by atoms with van der Waals surface area (Å²) in [5, 5.41) is 2.90. The molecule has 0 aliphatic carbocycles. The molecule has 1 N–H and O–H groups in total. The Labute approximate surface area is 150 Å². The molecule has 0 saturated carbocycles. The standard InChI is InChI=1S/C19H29N3O3/c1-21(12-13-25-2)15-18(23)20-14-16-6-8-17(9-7-16)19(24)22-10-4-3-5-11-22/h6-9H,3-5,10-15H2,1-2H3,(H,20,23). The average Bonchev–Trinajstić information content (AvgIpc) is 2.65. The number of amides is 2. The van der Waals surface area contributed by atoms with Crippen LogP contribution in [0.3, 0.4) is 0 Å². The van der Waals surface area contributed by atoms with Crippen molar-refractivity contribution in [3.63, 3.8) is 0 Å². The SMILES string of the molecule is COCCN(C)CC(=O)NCc1ccc(C(=O)N2CCCCC2)cc1. The first-order chi connectivity index (χ1) is 12.1. The van der Waals surface area contributed by atoms with Crippen LogP contribution in [0.25, 0.3) is 0 Å². The van der Waals surface area contributed by atoms with Crippen LogP contribution < -0.4 is 5.32 Å². The predicted molar refractivity (Wildman–Crippen MR) is 97.4 cm³/mol. The lowest BCUT2D eigenvalue weighted by Crippen LogP contribution is -2.36. The van der Waals surface area contributed by atoms with Crippen LogP contribution in [0.4, 0.5) is 0 Å². The highest BCUT2D eigenvalue weighted by molar-refractivity contribution is 5.94. The quantitative estimate of drug-likeness (QED) is 0.774. The fraction of sp³-hybridized carbons (Fsp3) is 0.579. The van der Waals surface area contributed by atoms with Gasteiger partial charge in [-0.2, -0.15) is 0 Å². The van der Waals surface area contributed by atoms with Gasteiger partial charge in [-0.15, -0.1) is 0 Å². The molecule has 0 atom stereocenters. The molecule has 1 heterocycles. The smallest absolute Gasteiger partial charge is 0.253 e. The zero-order valence-corrected chi connectivity index (χ0v) is 15.3. The molecular formula is C19H29N3O3. The molecule has 1 aromatic rings. The Kier molecular flexibility index (Phi) is 7.88. The Hall–Kier alpha value is -1.92. The van der Waals surface area contributed by atoms with E-state index in [1.807, 2.05) is 41.1 Å². The van der Waals surface area contributed by atoms with Crippen molar-refractivity contribution < 1.29 is 14.3 Å². The highest BCUT2D eigenvalue weighted by Crippen LogP contribution is 2.13. The number of nitrogens with zero attached hydrogens (tertiary/aromatic N) is 2. The van der Waals surface area contributed by atoms with Gasteiger partial charge < -0.3 is 15.0 Å². The Morgan fingerprint density at radius 1 is 1.16 bits per heavy atom. The maximum absolute atomic E-state index is 12.4. The van der Waals surface area contributed by atoms with Crippen LogP contribution in [-0.2, 0) is 16.1 Å². The van der Waals surface area contributed by atoms with E-state index < -0.39 is 0 Å². The number of nitrogens with one attached hydrogen (secondary N) is 1. The van der Waals surface area contributed by atoms with Crippen molar-refractivity contribution in [1.82, 2.24) is 15.1 Å². The van der Waals surface area contributed by atoms with E-state index in [4.69, 9.17) is 4.74 Å². The number of carbonyl (C=O) groups is 2. The first kappa shape index (κ1) is 19.4. The minimum atomic E-state index is -0.0212. The molecule has 1 fully saturated rings. The molecule has 0 spiro atoms. The first-order valence-corrected chi connectivity index (χ1v) is 8.92. The van der Waals surface area contributed by atoms with Gasteiger partial charge in [-0.1, -0.05) is 12.1 Å². The first-order valence-electron chi connectivity index (χ1n) is 8.92. The molecule has 1 aliphatic rings. The monoisotopic (exact) mass is 347 g/mol. The summed E-state index contributed by atoms with van der Waals surface area (Å²) in [5.74, 6) is 0.0853. The number of hydrogen-bond acceptors (Lipinski definition) is 4. The second kappa shape index (κ2) is 10.2. The third kappa shape index (κ3) is 6.48. The van der Waals surface area contributed by atoms with Gasteiger partial charge in [-0.05, 0) is 44.0 Å². The summed E-state index contributed by atoms with van der Waals surface area (Å²) in [6.07, 6.45) is 3.40. The zero-order valence-electron chi connectivity index (χ0n) is 15.3. The van der Waals surface area contributed by atoms with Crippen molar-refractivity contribution in [3.8, 4) is 0 Å². The minimum Gasteiger partial charge on any atom is -0.383 e. The van der Waals surface area contributed by atoms with Crippen molar-refractivity contribution >= 4 is 11.8 Å². The topological polar surface area (TPSA) is 61.9 Å². The molecule has 1 aliphatic heterocycles. The number of hydrogen-bond donors (Lipinski definition) is 1. The van der Waals surface area contributed by atoms with Crippen molar-refractivity contribution in [2.75, 3.05) is 46.9 Å². The van der Waals surface area contributed by atoms with Gasteiger partial charge in [0.05, 0.1) is 13.2 Å². The highest BCUT2D eigenvalue weighted by Gasteiger charge is 2.17. The molecule has 0 bridgehead atoms. The molecule has 138 valence electrons. The Balaban J connectivity index is 1.78. The molecule has 2 amide bonds. The van der Waals surface area contributed by atoms with Gasteiger partial charge >= 0.3 is 0 Å². The molecule has 25 heavy (non-hydrogen) atoms. The molecule has 1 aromatic carbocycles. The summed E-state index contributed by atoms with van der Waals surface area (Å²) < 4.78 is 4.99. The number of likely N-dealkylation sites (tertiary alicyclic amines) is 1. The molecule has 2 rings (SSSR count). The van der Waals surface area contributed by atoms with Crippen molar-refractivity contribution in [1.29, 1.82) is 0 Å². The third-order valence-corrected chi connectivity index (χ3v) is 4.42. The van der Waals surface area contributed by atoms with Crippen LogP contribution in [0.15, 0.2) is 24.3 Å². The molecule has 6 heteroatoms. The lowest BCUT2D eigenvalue weighted by atomic mass is 10.1. The van der Waals surface area contributed by atoms with Gasteiger partial charge in [0.1, 0.15) is 0 Å². The second-order valence-corrected chi connectivity index (χ2v) is 6.56. The van der Waals surface area contributed by atoms with E-state index in [1.165, 1.54) is 6.42 Å². The molecule has 6 nitrogen and oxygen atoms in total. The van der Waals surface area contributed by atoms with Crippen LogP contribution in [-0.4, -0.2) is 68.6 Å². The number of piperidine rings is 1. The molecular weight excluding hydrogens is 318 g/mol. The lowest BCUT2D eigenvalue weighted by molar-refractivity contribution is -0.122. The Morgan fingerprint density at radius 2 is 1.84 bits per heavy atom. The fourth-order valence-corrected chi connectivity index (χ4v) is 2.87. The van der Waals surface area contributed by atoms with Gasteiger partial charge in [0, 0.05) is 38.9 Å². The Bertz CT molecular complexity index is 554. The van der Waals surface area contributed by atoms with Gasteiger partial charge in [-0.3, -0.25) is 14.5 Å². The lowest BCUT2D eigenvalue weighted by Gasteiger charge is -2.26. The molecule has 0 aromatic heterocycles. The average molecular weight is 347 g/mol. The maximum Gasteiger partial charge on any atom is 0.253 e. The number of ether oxygens (including phenoxy) is 1. The summed E-state index contributed by atoms with van der Waals surface area (Å²) in [6.45, 7) is 3.85. The zero-order chi connectivity index (χ0) is 18.1. The van der Waals surface area contributed by atoms with Gasteiger partial charge in [0.15, 0.2) is 0 Å². The molecule has 0 radical (unpaired) electrons. The number of likely N-dealkylation sites (N-methyl/N-ethyl adjacent to an activating group) is 1. The van der Waals surface area contributed by atoms with Gasteiger partial charge in [-0.25, -0.2) is 0 Å². The van der Waals surface area contributed by atoms with E-state index in [2.05, 4.69) is 5.32 Å². The fourth-order valence-electron chi connectivity index (χ4n) is 2.87. The van der Waals surface area contributed by atoms with E-state index in [1.54, 1.807) is 7.11 Å². The summed E-state index contributed by atoms with van der Waals surface area (Å²) in [5.41, 5.74) is 1.71. The van der Waals surface area contributed by atoms with Crippen LogP contribution >= 0.6 is 0 Å². The number of benzene rings is 1. The summed E-state index contributed by atoms with van der Waals surface area (Å²) >= 11 is 0. The normalized spacial score (nSPS) is 14.6. The van der Waals surface area contributed by atoms with Crippen molar-refractivity contribution in [2.24, 2.45) is 0 Å². The van der Waals surface area contributed by atoms with Crippen LogP contribution in [0.2, 0.25) is 0 Å². The van der Waals surface area contributed by atoms with E-state index in [-0.39, 0.29) is 11.8 Å². The number of methoxy groups -OCH3 is 1. The summed E-state index contributed by atoms with van der Waals surface area (Å²) in [6, 6.07) is 7.52. The summed E-state index contributed by atoms with van der Waals surface area (Å²) in [7, 11) is 3.53. The Morgan fingerprint density at radius 3 is 2.48 bits per heavy atom. The van der Waals surface area contributed by atoms with E-state index in [0.29, 0.717) is 19.7 Å². The van der Waals surface area contributed by atoms with E-state index >= 15 is 0 Å². The van der Waals surface area contributed by atoms with E-state index in [9.17, 15) is 9.59 Å². The highest BCUT2D eigenvalue weighted by atomic mass is 16.5. The molecule has 0 unspecified atom stereocenters. The predicted octanol–water partition coefficient (Wildman–Crippen LogP) is 1.51. The van der Waals surface area contributed by atoms with Crippen molar-refractivity contribution in [3.05, 3.63) is 35.4 Å². The van der Waals surface area contributed by atoms with Gasteiger partial charge in [0.2, 0.25) is 5.91 Å². The third-order valence-electron chi connectivity index (χ3n) is 4.42. The second-order valence-electron chi connectivity index (χ2n) is 6.56. The molecule has 1 saturated heterocycles. The van der Waals surface area contributed by atoms with Gasteiger partial charge in [0.25, 0.3) is 5.91 Å². The van der Waals surface area contributed by atoms with Crippen LogP contribution in [0.5, 0.6) is 0 Å². The minimum absolute atomic E-state index is 0.0212. The summed E-state index contributed by atoms with van der Waals surface area (Å²) in [4.78, 5) is 28.2. The number of carbonyl (C=O) groups excluding carboxylic acids is 2. The largest absolute Gasteiger partial charge is 0.383 e. The van der Waals surface area contributed by atoms with Crippen LogP contribution in [0.1, 0.15) is 35.2 Å². The maximum atomic E-state index is 12.4. The van der Waals surface area contributed by atoms with Crippen molar-refractivity contribution in [2.45, 2.75) is 25.8 Å². The number of rotatable bonds is 8.